The molecule has 2 fully saturated rings. The lowest BCUT2D eigenvalue weighted by Crippen LogP contribution is -2.48. The molecule has 1 amide bonds. The van der Waals surface area contributed by atoms with E-state index in [2.05, 4.69) is 24.5 Å². The number of carbonyl (C=O) groups is 1. The number of hydrogen-bond donors (Lipinski definition) is 2. The Morgan fingerprint density at radius 3 is 2.68 bits per heavy atom. The van der Waals surface area contributed by atoms with Gasteiger partial charge in [-0.15, -0.1) is 0 Å². The Bertz CT molecular complexity index is 297. The highest BCUT2D eigenvalue weighted by Crippen LogP contribution is 2.33. The van der Waals surface area contributed by atoms with Crippen molar-refractivity contribution < 1.29 is 4.79 Å². The maximum absolute atomic E-state index is 12.5. The van der Waals surface area contributed by atoms with Crippen molar-refractivity contribution in [3.05, 3.63) is 0 Å². The van der Waals surface area contributed by atoms with Crippen molar-refractivity contribution in [2.45, 2.75) is 58.8 Å². The van der Waals surface area contributed by atoms with Crippen molar-refractivity contribution in [2.75, 3.05) is 19.6 Å². The molecule has 3 nitrogen and oxygen atoms in total. The highest BCUT2D eigenvalue weighted by Gasteiger charge is 2.37. The van der Waals surface area contributed by atoms with E-state index in [-0.39, 0.29) is 5.41 Å². The van der Waals surface area contributed by atoms with Gasteiger partial charge < -0.3 is 10.6 Å². The maximum atomic E-state index is 12.5. The summed E-state index contributed by atoms with van der Waals surface area (Å²) in [6, 6.07) is 0. The van der Waals surface area contributed by atoms with Gasteiger partial charge in [0.1, 0.15) is 0 Å². The van der Waals surface area contributed by atoms with E-state index in [1.165, 1.54) is 25.7 Å². The van der Waals surface area contributed by atoms with E-state index in [1.807, 2.05) is 0 Å². The number of hydrogen-bond acceptors (Lipinski definition) is 2. The van der Waals surface area contributed by atoms with Gasteiger partial charge in [0, 0.05) is 6.54 Å². The van der Waals surface area contributed by atoms with E-state index in [1.54, 1.807) is 0 Å². The predicted molar refractivity (Wildman–Crippen MR) is 79.0 cm³/mol. The molecule has 1 aliphatic carbocycles. The monoisotopic (exact) mass is 266 g/mol. The Hall–Kier alpha value is -0.570. The molecule has 19 heavy (non-hydrogen) atoms. The van der Waals surface area contributed by atoms with Crippen molar-refractivity contribution >= 4 is 5.91 Å². The van der Waals surface area contributed by atoms with Crippen LogP contribution in [-0.2, 0) is 4.79 Å². The Morgan fingerprint density at radius 1 is 1.32 bits per heavy atom. The fourth-order valence-electron chi connectivity index (χ4n) is 3.82. The summed E-state index contributed by atoms with van der Waals surface area (Å²) < 4.78 is 0. The second-order valence-corrected chi connectivity index (χ2v) is 6.73. The van der Waals surface area contributed by atoms with Crippen LogP contribution in [0.1, 0.15) is 58.8 Å². The van der Waals surface area contributed by atoms with Crippen LogP contribution in [0.15, 0.2) is 0 Å². The van der Waals surface area contributed by atoms with Crippen LogP contribution < -0.4 is 10.6 Å². The van der Waals surface area contributed by atoms with Gasteiger partial charge in [0.2, 0.25) is 5.91 Å². The van der Waals surface area contributed by atoms with Crippen LogP contribution in [0, 0.1) is 17.3 Å². The van der Waals surface area contributed by atoms with E-state index in [0.29, 0.717) is 11.8 Å². The van der Waals surface area contributed by atoms with Crippen LogP contribution in [0.25, 0.3) is 0 Å². The van der Waals surface area contributed by atoms with Gasteiger partial charge in [-0.25, -0.2) is 0 Å². The van der Waals surface area contributed by atoms with Crippen LogP contribution in [0.3, 0.4) is 0 Å². The molecule has 0 bridgehead atoms. The average molecular weight is 266 g/mol. The van der Waals surface area contributed by atoms with Gasteiger partial charge in [-0.1, -0.05) is 26.7 Å². The third-order valence-corrected chi connectivity index (χ3v) is 5.32. The van der Waals surface area contributed by atoms with E-state index in [4.69, 9.17) is 0 Å². The molecular formula is C16H30N2O. The largest absolute Gasteiger partial charge is 0.355 e. The van der Waals surface area contributed by atoms with Crippen molar-refractivity contribution in [1.29, 1.82) is 0 Å². The normalized spacial score (nSPS) is 30.8. The lowest BCUT2D eigenvalue weighted by Gasteiger charge is -2.36. The molecule has 1 aliphatic heterocycles. The Balaban J connectivity index is 1.82. The molecule has 110 valence electrons. The number of nitrogens with one attached hydrogen (secondary N) is 2. The average Bonchev–Trinajstić information content (AvgIpc) is 2.45. The molecule has 1 heterocycles. The molecule has 2 N–H and O–H groups in total. The molecule has 2 aliphatic rings. The van der Waals surface area contributed by atoms with Gasteiger partial charge in [0.25, 0.3) is 0 Å². The predicted octanol–water partition coefficient (Wildman–Crippen LogP) is 2.71. The Labute approximate surface area is 117 Å². The van der Waals surface area contributed by atoms with E-state index < -0.39 is 0 Å². The smallest absolute Gasteiger partial charge is 0.226 e. The molecule has 2 rings (SSSR count). The summed E-state index contributed by atoms with van der Waals surface area (Å²) in [6.07, 6.45) is 8.26. The first-order valence-corrected chi connectivity index (χ1v) is 8.15. The minimum atomic E-state index is -0.0917. The first kappa shape index (κ1) is 14.8. The molecule has 2 unspecified atom stereocenters. The second-order valence-electron chi connectivity index (χ2n) is 6.73. The standard InChI is InChI=1S/C16H30N2O/c1-3-16(7-9-17-10-8-16)15(19)18-12-14-6-4-5-13(2)11-14/h13-14,17H,3-12H2,1-2H3,(H,18,19). The Kier molecular flexibility index (Phi) is 5.26. The molecule has 1 saturated carbocycles. The molecule has 0 radical (unpaired) electrons. The molecule has 0 spiro atoms. The van der Waals surface area contributed by atoms with Crippen LogP contribution in [0.2, 0.25) is 0 Å². The maximum Gasteiger partial charge on any atom is 0.226 e. The summed E-state index contributed by atoms with van der Waals surface area (Å²) in [7, 11) is 0. The summed E-state index contributed by atoms with van der Waals surface area (Å²) in [5.74, 6) is 1.87. The van der Waals surface area contributed by atoms with Gasteiger partial charge in [-0.05, 0) is 57.0 Å². The SMILES string of the molecule is CCC1(C(=O)NCC2CCCC(C)C2)CCNCC1. The second kappa shape index (κ2) is 6.74. The fourth-order valence-corrected chi connectivity index (χ4v) is 3.82. The van der Waals surface area contributed by atoms with Crippen molar-refractivity contribution in [3.63, 3.8) is 0 Å². The van der Waals surface area contributed by atoms with Gasteiger partial charge in [-0.3, -0.25) is 4.79 Å². The highest BCUT2D eigenvalue weighted by atomic mass is 16.2. The summed E-state index contributed by atoms with van der Waals surface area (Å²) in [6.45, 7) is 7.38. The number of amides is 1. The zero-order valence-corrected chi connectivity index (χ0v) is 12.6. The number of rotatable bonds is 4. The number of carbonyl (C=O) groups excluding carboxylic acids is 1. The Morgan fingerprint density at radius 2 is 2.05 bits per heavy atom. The summed E-state index contributed by atoms with van der Waals surface area (Å²) in [4.78, 5) is 12.5. The quantitative estimate of drug-likeness (QED) is 0.821. The lowest BCUT2D eigenvalue weighted by molar-refractivity contribution is -0.133. The van der Waals surface area contributed by atoms with Gasteiger partial charge in [-0.2, -0.15) is 0 Å². The van der Waals surface area contributed by atoms with Crippen LogP contribution in [0.4, 0.5) is 0 Å². The fraction of sp³-hybridized carbons (Fsp3) is 0.938. The first-order valence-electron chi connectivity index (χ1n) is 8.15. The lowest BCUT2D eigenvalue weighted by atomic mass is 9.75. The minimum absolute atomic E-state index is 0.0917. The van der Waals surface area contributed by atoms with E-state index in [0.717, 1.165) is 44.8 Å². The van der Waals surface area contributed by atoms with Crippen molar-refractivity contribution in [1.82, 2.24) is 10.6 Å². The molecule has 2 atom stereocenters. The van der Waals surface area contributed by atoms with E-state index >= 15 is 0 Å². The van der Waals surface area contributed by atoms with Gasteiger partial charge >= 0.3 is 0 Å². The summed E-state index contributed by atoms with van der Waals surface area (Å²) in [5, 5.41) is 6.63. The molecule has 0 aromatic heterocycles. The minimum Gasteiger partial charge on any atom is -0.355 e. The molecule has 1 saturated heterocycles. The molecule has 0 aromatic carbocycles. The first-order chi connectivity index (χ1) is 9.16. The summed E-state index contributed by atoms with van der Waals surface area (Å²) in [5.41, 5.74) is -0.0917. The van der Waals surface area contributed by atoms with Crippen molar-refractivity contribution in [2.24, 2.45) is 17.3 Å². The third kappa shape index (κ3) is 3.71. The van der Waals surface area contributed by atoms with Gasteiger partial charge in [0.15, 0.2) is 0 Å². The van der Waals surface area contributed by atoms with E-state index in [9.17, 15) is 4.79 Å². The van der Waals surface area contributed by atoms with Crippen LogP contribution in [-0.4, -0.2) is 25.5 Å². The van der Waals surface area contributed by atoms with Crippen LogP contribution in [0.5, 0.6) is 0 Å². The molecular weight excluding hydrogens is 236 g/mol. The summed E-state index contributed by atoms with van der Waals surface area (Å²) >= 11 is 0. The molecule has 3 heteroatoms. The van der Waals surface area contributed by atoms with Crippen molar-refractivity contribution in [3.8, 4) is 0 Å². The van der Waals surface area contributed by atoms with Gasteiger partial charge in [0.05, 0.1) is 5.41 Å². The topological polar surface area (TPSA) is 41.1 Å². The highest BCUT2D eigenvalue weighted by molar-refractivity contribution is 5.82. The zero-order chi connectivity index (χ0) is 13.7. The molecule has 0 aromatic rings. The zero-order valence-electron chi connectivity index (χ0n) is 12.6. The number of piperidine rings is 1. The third-order valence-electron chi connectivity index (χ3n) is 5.32. The van der Waals surface area contributed by atoms with Crippen LogP contribution >= 0.6 is 0 Å².